The second-order valence-electron chi connectivity index (χ2n) is 5.70. The highest BCUT2D eigenvalue weighted by Crippen LogP contribution is 2.28. The molecule has 5 nitrogen and oxygen atoms in total. The van der Waals surface area contributed by atoms with Crippen molar-refractivity contribution in [2.45, 2.75) is 25.2 Å². The van der Waals surface area contributed by atoms with Crippen LogP contribution in [0.3, 0.4) is 0 Å². The van der Waals surface area contributed by atoms with Gasteiger partial charge in [0.05, 0.1) is 19.1 Å². The van der Waals surface area contributed by atoms with Crippen molar-refractivity contribution in [1.82, 2.24) is 4.72 Å². The normalized spacial score (nSPS) is 11.4. The molecule has 0 bridgehead atoms. The highest BCUT2D eigenvalue weighted by Gasteiger charge is 2.17. The number of aryl methyl sites for hydroxylation is 2. The molecule has 0 atom stereocenters. The number of halogens is 1. The zero-order chi connectivity index (χ0) is 18.6. The fraction of sp³-hybridized carbons (Fsp3) is 0.333. The summed E-state index contributed by atoms with van der Waals surface area (Å²) in [7, 11) is -0.406. The molecule has 0 fully saturated rings. The molecule has 0 amide bonds. The summed E-state index contributed by atoms with van der Waals surface area (Å²) >= 11 is 3.42. The van der Waals surface area contributed by atoms with Gasteiger partial charge in [0.1, 0.15) is 0 Å². The number of sulfonamides is 1. The summed E-state index contributed by atoms with van der Waals surface area (Å²) in [5.41, 5.74) is 2.55. The lowest BCUT2D eigenvalue weighted by Crippen LogP contribution is -2.26. The quantitative estimate of drug-likeness (QED) is 0.732. The van der Waals surface area contributed by atoms with Crippen molar-refractivity contribution in [3.05, 3.63) is 51.5 Å². The van der Waals surface area contributed by atoms with Crippen LogP contribution >= 0.6 is 15.9 Å². The van der Waals surface area contributed by atoms with Crippen molar-refractivity contribution < 1.29 is 17.9 Å². The minimum Gasteiger partial charge on any atom is -0.493 e. The number of methoxy groups -OCH3 is 2. The van der Waals surface area contributed by atoms with Gasteiger partial charge in [-0.3, -0.25) is 0 Å². The summed E-state index contributed by atoms with van der Waals surface area (Å²) in [5, 5.41) is 0. The van der Waals surface area contributed by atoms with E-state index in [2.05, 4.69) is 20.7 Å². The molecule has 136 valence electrons. The van der Waals surface area contributed by atoms with Crippen molar-refractivity contribution in [2.75, 3.05) is 20.8 Å². The van der Waals surface area contributed by atoms with E-state index in [4.69, 9.17) is 9.47 Å². The van der Waals surface area contributed by atoms with E-state index in [1.807, 2.05) is 31.2 Å². The van der Waals surface area contributed by atoms with Gasteiger partial charge in [0.2, 0.25) is 10.0 Å². The Bertz CT molecular complexity index is 866. The second-order valence-corrected chi connectivity index (χ2v) is 8.29. The molecular formula is C18H22BrNO4S. The first-order valence-corrected chi connectivity index (χ1v) is 10.0. The largest absolute Gasteiger partial charge is 0.493 e. The fourth-order valence-electron chi connectivity index (χ4n) is 2.49. The predicted octanol–water partition coefficient (Wildman–Crippen LogP) is 3.60. The monoisotopic (exact) mass is 427 g/mol. The van der Waals surface area contributed by atoms with E-state index in [0.717, 1.165) is 15.6 Å². The lowest BCUT2D eigenvalue weighted by atomic mass is 10.1. The molecule has 2 rings (SSSR count). The smallest absolute Gasteiger partial charge is 0.240 e. The van der Waals surface area contributed by atoms with Crippen LogP contribution in [-0.2, 0) is 16.4 Å². The SMILES string of the molecule is COc1ccc(CCNS(=O)(=O)c2cc(C)c(Br)cc2C)cc1OC. The summed E-state index contributed by atoms with van der Waals surface area (Å²) < 4.78 is 39.1. The van der Waals surface area contributed by atoms with Crippen LogP contribution in [-0.4, -0.2) is 29.2 Å². The maximum atomic E-state index is 12.6. The lowest BCUT2D eigenvalue weighted by Gasteiger charge is -2.12. The first-order valence-electron chi connectivity index (χ1n) is 7.76. The standard InChI is InChI=1S/C18H22BrNO4S/c1-12-10-18(13(2)9-15(12)19)25(21,22)20-8-7-14-5-6-16(23-3)17(11-14)24-4/h5-6,9-11,20H,7-8H2,1-4H3. The molecule has 0 heterocycles. The number of nitrogens with one attached hydrogen (secondary N) is 1. The average Bonchev–Trinajstić information content (AvgIpc) is 2.57. The Morgan fingerprint density at radius 3 is 2.32 bits per heavy atom. The van der Waals surface area contributed by atoms with Gasteiger partial charge in [-0.2, -0.15) is 0 Å². The van der Waals surface area contributed by atoms with E-state index < -0.39 is 10.0 Å². The zero-order valence-electron chi connectivity index (χ0n) is 14.7. The summed E-state index contributed by atoms with van der Waals surface area (Å²) in [5.74, 6) is 1.27. The van der Waals surface area contributed by atoms with Gasteiger partial charge in [-0.25, -0.2) is 13.1 Å². The summed E-state index contributed by atoms with van der Waals surface area (Å²) in [4.78, 5) is 0.306. The summed E-state index contributed by atoms with van der Waals surface area (Å²) in [6, 6.07) is 9.05. The van der Waals surface area contributed by atoms with E-state index in [9.17, 15) is 8.42 Å². The van der Waals surface area contributed by atoms with Crippen molar-refractivity contribution in [2.24, 2.45) is 0 Å². The summed E-state index contributed by atoms with van der Waals surface area (Å²) in [6.07, 6.45) is 0.550. The van der Waals surface area contributed by atoms with Crippen LogP contribution in [0.25, 0.3) is 0 Å². The van der Waals surface area contributed by atoms with Gasteiger partial charge in [0.15, 0.2) is 11.5 Å². The lowest BCUT2D eigenvalue weighted by molar-refractivity contribution is 0.354. The molecular weight excluding hydrogens is 406 g/mol. The highest BCUT2D eigenvalue weighted by atomic mass is 79.9. The number of benzene rings is 2. The van der Waals surface area contributed by atoms with Gasteiger partial charge in [-0.05, 0) is 61.2 Å². The van der Waals surface area contributed by atoms with E-state index in [0.29, 0.717) is 34.9 Å². The molecule has 2 aromatic rings. The van der Waals surface area contributed by atoms with Crippen LogP contribution in [0.4, 0.5) is 0 Å². The predicted molar refractivity (Wildman–Crippen MR) is 102 cm³/mol. The Kier molecular flexibility index (Phi) is 6.48. The fourth-order valence-corrected chi connectivity index (χ4v) is 4.29. The van der Waals surface area contributed by atoms with Crippen LogP contribution in [0, 0.1) is 13.8 Å². The minimum absolute atomic E-state index is 0.298. The van der Waals surface area contributed by atoms with E-state index in [-0.39, 0.29) is 0 Å². The van der Waals surface area contributed by atoms with Gasteiger partial charge < -0.3 is 9.47 Å². The van der Waals surface area contributed by atoms with Gasteiger partial charge in [-0.15, -0.1) is 0 Å². The third-order valence-corrected chi connectivity index (χ3v) is 6.36. The minimum atomic E-state index is -3.56. The molecule has 0 saturated heterocycles. The zero-order valence-corrected chi connectivity index (χ0v) is 17.1. The third-order valence-electron chi connectivity index (χ3n) is 3.90. The summed E-state index contributed by atoms with van der Waals surface area (Å²) in [6.45, 7) is 3.95. The van der Waals surface area contributed by atoms with Crippen LogP contribution in [0.2, 0.25) is 0 Å². The maximum Gasteiger partial charge on any atom is 0.240 e. The maximum absolute atomic E-state index is 12.6. The van der Waals surface area contributed by atoms with E-state index in [1.54, 1.807) is 27.2 Å². The third kappa shape index (κ3) is 4.74. The Morgan fingerprint density at radius 2 is 1.68 bits per heavy atom. The molecule has 2 aromatic carbocycles. The number of hydrogen-bond donors (Lipinski definition) is 1. The van der Waals surface area contributed by atoms with E-state index in [1.165, 1.54) is 0 Å². The van der Waals surface area contributed by atoms with Crippen LogP contribution in [0.15, 0.2) is 39.7 Å². The van der Waals surface area contributed by atoms with Crippen LogP contribution in [0.1, 0.15) is 16.7 Å². The number of hydrogen-bond acceptors (Lipinski definition) is 4. The Balaban J connectivity index is 2.10. The number of rotatable bonds is 7. The van der Waals surface area contributed by atoms with Crippen molar-refractivity contribution in [1.29, 1.82) is 0 Å². The van der Waals surface area contributed by atoms with Crippen molar-refractivity contribution in [3.63, 3.8) is 0 Å². The Labute approximate surface area is 157 Å². The van der Waals surface area contributed by atoms with Gasteiger partial charge in [0, 0.05) is 11.0 Å². The first-order chi connectivity index (χ1) is 11.8. The molecule has 1 N–H and O–H groups in total. The molecule has 0 aliphatic heterocycles. The van der Waals surface area contributed by atoms with Crippen LogP contribution < -0.4 is 14.2 Å². The Morgan fingerprint density at radius 1 is 1.00 bits per heavy atom. The first kappa shape index (κ1) is 19.8. The van der Waals surface area contributed by atoms with Gasteiger partial charge in [0.25, 0.3) is 0 Å². The molecule has 0 aromatic heterocycles. The molecule has 7 heteroatoms. The van der Waals surface area contributed by atoms with Gasteiger partial charge in [-0.1, -0.05) is 22.0 Å². The van der Waals surface area contributed by atoms with Crippen LogP contribution in [0.5, 0.6) is 11.5 Å². The van der Waals surface area contributed by atoms with E-state index >= 15 is 0 Å². The average molecular weight is 428 g/mol. The Hall–Kier alpha value is -1.57. The molecule has 0 unspecified atom stereocenters. The molecule has 0 saturated carbocycles. The second kappa shape index (κ2) is 8.21. The van der Waals surface area contributed by atoms with Crippen molar-refractivity contribution >= 4 is 26.0 Å². The van der Waals surface area contributed by atoms with Gasteiger partial charge >= 0.3 is 0 Å². The molecule has 0 spiro atoms. The number of ether oxygens (including phenoxy) is 2. The highest BCUT2D eigenvalue weighted by molar-refractivity contribution is 9.10. The molecule has 0 radical (unpaired) electrons. The molecule has 0 aliphatic rings. The molecule has 25 heavy (non-hydrogen) atoms. The molecule has 0 aliphatic carbocycles. The topological polar surface area (TPSA) is 64.6 Å². The van der Waals surface area contributed by atoms with Crippen molar-refractivity contribution in [3.8, 4) is 11.5 Å².